The van der Waals surface area contributed by atoms with Gasteiger partial charge >= 0.3 is 6.09 Å². The highest BCUT2D eigenvalue weighted by atomic mass is 16.5. The molecule has 3 N–H and O–H groups in total. The molecule has 8 nitrogen and oxygen atoms in total. The van der Waals surface area contributed by atoms with E-state index in [2.05, 4.69) is 33.3 Å². The van der Waals surface area contributed by atoms with Crippen LogP contribution in [0.5, 0.6) is 0 Å². The average molecular weight is 485 g/mol. The second-order valence-corrected chi connectivity index (χ2v) is 8.58. The minimum atomic E-state index is -0.705. The maximum Gasteiger partial charge on any atom is 0.407 e. The van der Waals surface area contributed by atoms with Gasteiger partial charge in [-0.1, -0.05) is 78.4 Å². The molecule has 0 spiro atoms. The van der Waals surface area contributed by atoms with Crippen molar-refractivity contribution in [2.75, 3.05) is 13.2 Å². The SMILES string of the molecule is C/C(=N\NC(=O)CNC(=O)OCC1c2ccccc2-c2ccccc21)C(=O)NCc1ccc(C)cc1. The van der Waals surface area contributed by atoms with Crippen LogP contribution in [0.1, 0.15) is 35.1 Å². The summed E-state index contributed by atoms with van der Waals surface area (Å²) < 4.78 is 5.41. The van der Waals surface area contributed by atoms with Gasteiger partial charge in [-0.05, 0) is 41.7 Å². The van der Waals surface area contributed by atoms with Gasteiger partial charge in [-0.15, -0.1) is 0 Å². The van der Waals surface area contributed by atoms with E-state index in [-0.39, 0.29) is 24.8 Å². The number of hydrogen-bond donors (Lipinski definition) is 3. The van der Waals surface area contributed by atoms with Crippen LogP contribution in [0.15, 0.2) is 77.9 Å². The van der Waals surface area contributed by atoms with Crippen LogP contribution in [0.25, 0.3) is 11.1 Å². The quantitative estimate of drug-likeness (QED) is 0.335. The predicted molar refractivity (Wildman–Crippen MR) is 137 cm³/mol. The molecule has 8 heteroatoms. The monoisotopic (exact) mass is 484 g/mol. The smallest absolute Gasteiger partial charge is 0.407 e. The number of benzene rings is 3. The summed E-state index contributed by atoms with van der Waals surface area (Å²) in [5, 5.41) is 8.95. The Labute approximate surface area is 209 Å². The Morgan fingerprint density at radius 3 is 2.11 bits per heavy atom. The Morgan fingerprint density at radius 2 is 1.47 bits per heavy atom. The van der Waals surface area contributed by atoms with Gasteiger partial charge in [0.2, 0.25) is 0 Å². The lowest BCUT2D eigenvalue weighted by atomic mass is 9.98. The predicted octanol–water partition coefficient (Wildman–Crippen LogP) is 3.64. The van der Waals surface area contributed by atoms with E-state index in [0.717, 1.165) is 33.4 Å². The molecule has 0 saturated carbocycles. The molecule has 4 rings (SSSR count). The topological polar surface area (TPSA) is 109 Å². The normalized spacial score (nSPS) is 12.3. The third-order valence-corrected chi connectivity index (χ3v) is 5.99. The first-order valence-electron chi connectivity index (χ1n) is 11.7. The highest BCUT2D eigenvalue weighted by Crippen LogP contribution is 2.44. The van der Waals surface area contributed by atoms with Crippen LogP contribution in [0.4, 0.5) is 4.79 Å². The summed E-state index contributed by atoms with van der Waals surface area (Å²) in [6, 6.07) is 23.9. The summed E-state index contributed by atoms with van der Waals surface area (Å²) >= 11 is 0. The molecule has 3 aromatic carbocycles. The highest BCUT2D eigenvalue weighted by molar-refractivity contribution is 6.37. The number of fused-ring (bicyclic) bond motifs is 3. The van der Waals surface area contributed by atoms with Crippen molar-refractivity contribution in [2.45, 2.75) is 26.3 Å². The lowest BCUT2D eigenvalue weighted by molar-refractivity contribution is -0.120. The molecule has 1 aliphatic rings. The zero-order valence-corrected chi connectivity index (χ0v) is 20.2. The van der Waals surface area contributed by atoms with Crippen LogP contribution in [0, 0.1) is 6.92 Å². The van der Waals surface area contributed by atoms with E-state index in [1.54, 1.807) is 0 Å². The Morgan fingerprint density at radius 1 is 0.861 bits per heavy atom. The number of nitrogens with one attached hydrogen (secondary N) is 3. The molecule has 0 aliphatic heterocycles. The summed E-state index contributed by atoms with van der Waals surface area (Å²) in [4.78, 5) is 36.4. The molecule has 0 saturated heterocycles. The Balaban J connectivity index is 1.21. The van der Waals surface area contributed by atoms with Crippen LogP contribution in [-0.4, -0.2) is 36.8 Å². The second-order valence-electron chi connectivity index (χ2n) is 8.58. The fourth-order valence-electron chi connectivity index (χ4n) is 4.05. The molecule has 0 radical (unpaired) electrons. The molecule has 0 bridgehead atoms. The van der Waals surface area contributed by atoms with Gasteiger partial charge in [-0.2, -0.15) is 5.10 Å². The van der Waals surface area contributed by atoms with Crippen LogP contribution in [-0.2, 0) is 20.9 Å². The number of carbonyl (C=O) groups is 3. The van der Waals surface area contributed by atoms with Gasteiger partial charge in [0.15, 0.2) is 0 Å². The number of alkyl carbamates (subject to hydrolysis) is 1. The molecular formula is C28H28N4O4. The van der Waals surface area contributed by atoms with E-state index < -0.39 is 17.9 Å². The average Bonchev–Trinajstić information content (AvgIpc) is 3.22. The summed E-state index contributed by atoms with van der Waals surface area (Å²) in [6.45, 7) is 3.65. The van der Waals surface area contributed by atoms with Gasteiger partial charge in [-0.3, -0.25) is 9.59 Å². The first-order valence-corrected chi connectivity index (χ1v) is 11.7. The molecule has 3 amide bonds. The van der Waals surface area contributed by atoms with Crippen molar-refractivity contribution < 1.29 is 19.1 Å². The van der Waals surface area contributed by atoms with Crippen molar-refractivity contribution in [3.8, 4) is 11.1 Å². The standard InChI is InChI=1S/C28H28N4O4/c1-18-11-13-20(14-12-18)15-29-27(34)19(2)31-32-26(33)16-30-28(35)36-17-25-23-9-5-3-7-21(23)22-8-4-6-10-24(22)25/h3-14,25H,15-17H2,1-2H3,(H,29,34)(H,30,35)(H,32,33)/b31-19+. The third kappa shape index (κ3) is 5.96. The van der Waals surface area contributed by atoms with Crippen molar-refractivity contribution in [1.82, 2.24) is 16.1 Å². The van der Waals surface area contributed by atoms with Crippen LogP contribution < -0.4 is 16.1 Å². The lowest BCUT2D eigenvalue weighted by Crippen LogP contribution is -2.37. The minimum Gasteiger partial charge on any atom is -0.449 e. The molecule has 0 unspecified atom stereocenters. The number of aryl methyl sites for hydroxylation is 1. The number of amides is 3. The minimum absolute atomic E-state index is 0.0670. The summed E-state index contributed by atoms with van der Waals surface area (Å²) in [5.41, 5.74) is 8.94. The third-order valence-electron chi connectivity index (χ3n) is 5.99. The Hall–Kier alpha value is -4.46. The molecule has 0 atom stereocenters. The molecule has 36 heavy (non-hydrogen) atoms. The van der Waals surface area contributed by atoms with E-state index in [4.69, 9.17) is 4.74 Å². The van der Waals surface area contributed by atoms with Gasteiger partial charge in [0.05, 0.1) is 0 Å². The number of rotatable bonds is 8. The molecule has 1 aliphatic carbocycles. The molecule has 3 aromatic rings. The molecular weight excluding hydrogens is 456 g/mol. The van der Waals surface area contributed by atoms with Crippen molar-refractivity contribution >= 4 is 23.6 Å². The fourth-order valence-corrected chi connectivity index (χ4v) is 4.05. The van der Waals surface area contributed by atoms with E-state index in [1.807, 2.05) is 67.6 Å². The summed E-state index contributed by atoms with van der Waals surface area (Å²) in [6.07, 6.45) is -0.705. The van der Waals surface area contributed by atoms with Crippen molar-refractivity contribution in [3.05, 3.63) is 95.1 Å². The van der Waals surface area contributed by atoms with Crippen LogP contribution in [0.3, 0.4) is 0 Å². The lowest BCUT2D eigenvalue weighted by Gasteiger charge is -2.14. The first kappa shape index (κ1) is 24.7. The number of hydrazone groups is 1. The highest BCUT2D eigenvalue weighted by Gasteiger charge is 2.29. The molecule has 0 heterocycles. The van der Waals surface area contributed by atoms with Crippen molar-refractivity contribution in [2.24, 2.45) is 5.10 Å². The fraction of sp³-hybridized carbons (Fsp3) is 0.214. The summed E-state index contributed by atoms with van der Waals surface area (Å²) in [7, 11) is 0. The van der Waals surface area contributed by atoms with E-state index in [0.29, 0.717) is 6.54 Å². The molecule has 0 fully saturated rings. The first-order chi connectivity index (χ1) is 17.4. The van der Waals surface area contributed by atoms with Gasteiger partial charge < -0.3 is 15.4 Å². The van der Waals surface area contributed by atoms with E-state index >= 15 is 0 Å². The number of ether oxygens (including phenoxy) is 1. The Kier molecular flexibility index (Phi) is 7.75. The van der Waals surface area contributed by atoms with Crippen molar-refractivity contribution in [1.29, 1.82) is 0 Å². The number of carbonyl (C=O) groups excluding carboxylic acids is 3. The second kappa shape index (κ2) is 11.3. The molecule has 0 aromatic heterocycles. The van der Waals surface area contributed by atoms with Gasteiger partial charge in [0.25, 0.3) is 11.8 Å². The van der Waals surface area contributed by atoms with Crippen LogP contribution >= 0.6 is 0 Å². The van der Waals surface area contributed by atoms with Gasteiger partial charge in [0.1, 0.15) is 18.9 Å². The van der Waals surface area contributed by atoms with E-state index in [1.165, 1.54) is 6.92 Å². The van der Waals surface area contributed by atoms with Gasteiger partial charge in [-0.25, -0.2) is 10.2 Å². The summed E-state index contributed by atoms with van der Waals surface area (Å²) in [5.74, 6) is -1.04. The maximum absolute atomic E-state index is 12.2. The number of hydrogen-bond acceptors (Lipinski definition) is 5. The maximum atomic E-state index is 12.2. The van der Waals surface area contributed by atoms with Gasteiger partial charge in [0, 0.05) is 12.5 Å². The molecule has 184 valence electrons. The van der Waals surface area contributed by atoms with E-state index in [9.17, 15) is 14.4 Å². The zero-order valence-electron chi connectivity index (χ0n) is 20.2. The number of nitrogens with zero attached hydrogens (tertiary/aromatic N) is 1. The van der Waals surface area contributed by atoms with Crippen LogP contribution in [0.2, 0.25) is 0 Å². The zero-order chi connectivity index (χ0) is 25.5. The largest absolute Gasteiger partial charge is 0.449 e. The Bertz CT molecular complexity index is 1260. The van der Waals surface area contributed by atoms with Crippen molar-refractivity contribution in [3.63, 3.8) is 0 Å².